The summed E-state index contributed by atoms with van der Waals surface area (Å²) in [7, 11) is 0. The van der Waals surface area contributed by atoms with Crippen LogP contribution in [-0.4, -0.2) is 11.1 Å². The maximum Gasteiger partial charge on any atom is 0.305 e. The van der Waals surface area contributed by atoms with Gasteiger partial charge in [-0.15, -0.1) is 0 Å². The molecule has 2 aromatic rings. The van der Waals surface area contributed by atoms with Gasteiger partial charge in [-0.25, -0.2) is 4.39 Å². The standard InChI is InChI=1S/C16H16FNO2/c17-14-8-6-13(7-9-14)15(10-16(19)20)18-11-12-4-2-1-3-5-12/h1-9,15,18H,10-11H2,(H,19,20). The molecule has 0 aliphatic heterocycles. The van der Waals surface area contributed by atoms with Gasteiger partial charge in [0.15, 0.2) is 0 Å². The molecule has 0 heterocycles. The van der Waals surface area contributed by atoms with Crippen LogP contribution < -0.4 is 5.32 Å². The molecule has 0 fully saturated rings. The van der Waals surface area contributed by atoms with Crippen LogP contribution >= 0.6 is 0 Å². The van der Waals surface area contributed by atoms with Crippen LogP contribution in [0.3, 0.4) is 0 Å². The van der Waals surface area contributed by atoms with Crippen LogP contribution in [0.4, 0.5) is 4.39 Å². The van der Waals surface area contributed by atoms with E-state index >= 15 is 0 Å². The second-order valence-corrected chi connectivity index (χ2v) is 4.57. The molecular formula is C16H16FNO2. The predicted octanol–water partition coefficient (Wildman–Crippen LogP) is 3.13. The van der Waals surface area contributed by atoms with Crippen molar-refractivity contribution in [2.45, 2.75) is 19.0 Å². The summed E-state index contributed by atoms with van der Waals surface area (Å²) in [5.74, 6) is -1.22. The lowest BCUT2D eigenvalue weighted by Gasteiger charge is -2.17. The topological polar surface area (TPSA) is 49.3 Å². The summed E-state index contributed by atoms with van der Waals surface area (Å²) in [6.45, 7) is 0.566. The van der Waals surface area contributed by atoms with E-state index in [4.69, 9.17) is 5.11 Å². The minimum Gasteiger partial charge on any atom is -0.481 e. The van der Waals surface area contributed by atoms with Crippen LogP contribution in [0.15, 0.2) is 54.6 Å². The molecular weight excluding hydrogens is 257 g/mol. The summed E-state index contributed by atoms with van der Waals surface area (Å²) in [6, 6.07) is 15.3. The second kappa shape index (κ2) is 6.82. The van der Waals surface area contributed by atoms with Crippen LogP contribution in [0.1, 0.15) is 23.6 Å². The summed E-state index contributed by atoms with van der Waals surface area (Å²) < 4.78 is 12.9. The molecule has 104 valence electrons. The summed E-state index contributed by atoms with van der Waals surface area (Å²) in [6.07, 6.45) is -0.0432. The lowest BCUT2D eigenvalue weighted by atomic mass is 10.0. The molecule has 0 saturated heterocycles. The quantitative estimate of drug-likeness (QED) is 0.850. The molecule has 2 rings (SSSR count). The third kappa shape index (κ3) is 4.17. The van der Waals surface area contributed by atoms with E-state index in [0.717, 1.165) is 11.1 Å². The predicted molar refractivity (Wildman–Crippen MR) is 74.7 cm³/mol. The zero-order valence-corrected chi connectivity index (χ0v) is 10.9. The lowest BCUT2D eigenvalue weighted by Crippen LogP contribution is -2.23. The molecule has 1 atom stereocenters. The van der Waals surface area contributed by atoms with E-state index in [-0.39, 0.29) is 18.3 Å². The summed E-state index contributed by atoms with van der Waals surface area (Å²) in [5, 5.41) is 12.2. The number of benzene rings is 2. The van der Waals surface area contributed by atoms with E-state index in [0.29, 0.717) is 6.54 Å². The lowest BCUT2D eigenvalue weighted by molar-refractivity contribution is -0.137. The Morgan fingerprint density at radius 1 is 1.10 bits per heavy atom. The number of carbonyl (C=O) groups is 1. The third-order valence-electron chi connectivity index (χ3n) is 3.05. The van der Waals surface area contributed by atoms with Gasteiger partial charge in [-0.2, -0.15) is 0 Å². The Kier molecular flexibility index (Phi) is 4.85. The largest absolute Gasteiger partial charge is 0.481 e. The van der Waals surface area contributed by atoms with E-state index in [2.05, 4.69) is 5.32 Å². The van der Waals surface area contributed by atoms with Gasteiger partial charge in [-0.1, -0.05) is 42.5 Å². The number of halogens is 1. The molecule has 0 bridgehead atoms. The Hall–Kier alpha value is -2.20. The first kappa shape index (κ1) is 14.2. The van der Waals surface area contributed by atoms with Crippen molar-refractivity contribution >= 4 is 5.97 Å². The fourth-order valence-electron chi connectivity index (χ4n) is 2.01. The Morgan fingerprint density at radius 2 is 1.75 bits per heavy atom. The Labute approximate surface area is 117 Å². The molecule has 0 spiro atoms. The van der Waals surface area contributed by atoms with E-state index in [1.165, 1.54) is 12.1 Å². The number of carboxylic acid groups (broad SMARTS) is 1. The zero-order chi connectivity index (χ0) is 14.4. The highest BCUT2D eigenvalue weighted by molar-refractivity contribution is 5.67. The van der Waals surface area contributed by atoms with Gasteiger partial charge >= 0.3 is 5.97 Å². The van der Waals surface area contributed by atoms with Crippen LogP contribution in [0.5, 0.6) is 0 Å². The zero-order valence-electron chi connectivity index (χ0n) is 10.9. The SMILES string of the molecule is O=C(O)CC(NCc1ccccc1)c1ccc(F)cc1. The molecule has 3 nitrogen and oxygen atoms in total. The molecule has 20 heavy (non-hydrogen) atoms. The smallest absolute Gasteiger partial charge is 0.305 e. The van der Waals surface area contributed by atoms with Crippen LogP contribution in [-0.2, 0) is 11.3 Å². The van der Waals surface area contributed by atoms with Gasteiger partial charge in [-0.3, -0.25) is 4.79 Å². The van der Waals surface area contributed by atoms with E-state index in [1.807, 2.05) is 30.3 Å². The Bertz CT molecular complexity index is 554. The van der Waals surface area contributed by atoms with Crippen LogP contribution in [0.25, 0.3) is 0 Å². The van der Waals surface area contributed by atoms with Gasteiger partial charge in [0.25, 0.3) is 0 Å². The van der Waals surface area contributed by atoms with Crippen molar-refractivity contribution in [1.82, 2.24) is 5.32 Å². The average Bonchev–Trinajstić information content (AvgIpc) is 2.45. The molecule has 1 unspecified atom stereocenters. The van der Waals surface area contributed by atoms with E-state index in [1.54, 1.807) is 12.1 Å². The average molecular weight is 273 g/mol. The van der Waals surface area contributed by atoms with Crippen molar-refractivity contribution in [2.24, 2.45) is 0 Å². The number of hydrogen-bond acceptors (Lipinski definition) is 2. The molecule has 4 heteroatoms. The first-order valence-corrected chi connectivity index (χ1v) is 6.40. The van der Waals surface area contributed by atoms with Crippen molar-refractivity contribution in [3.63, 3.8) is 0 Å². The van der Waals surface area contributed by atoms with Gasteiger partial charge < -0.3 is 10.4 Å². The van der Waals surface area contributed by atoms with Gasteiger partial charge in [0.1, 0.15) is 5.82 Å². The normalized spacial score (nSPS) is 12.1. The van der Waals surface area contributed by atoms with Crippen LogP contribution in [0.2, 0.25) is 0 Å². The maximum atomic E-state index is 12.9. The van der Waals surface area contributed by atoms with Gasteiger partial charge in [0.2, 0.25) is 0 Å². The number of nitrogens with one attached hydrogen (secondary N) is 1. The van der Waals surface area contributed by atoms with Crippen molar-refractivity contribution in [3.05, 3.63) is 71.5 Å². The minimum atomic E-state index is -0.889. The molecule has 0 amide bonds. The van der Waals surface area contributed by atoms with Gasteiger partial charge in [0, 0.05) is 12.6 Å². The monoisotopic (exact) mass is 273 g/mol. The molecule has 0 aromatic heterocycles. The molecule has 2 N–H and O–H groups in total. The fraction of sp³-hybridized carbons (Fsp3) is 0.188. The Balaban J connectivity index is 2.07. The van der Waals surface area contributed by atoms with Crippen molar-refractivity contribution in [3.8, 4) is 0 Å². The highest BCUT2D eigenvalue weighted by Gasteiger charge is 2.15. The van der Waals surface area contributed by atoms with Crippen molar-refractivity contribution in [1.29, 1.82) is 0 Å². The summed E-state index contributed by atoms with van der Waals surface area (Å²) in [4.78, 5) is 10.9. The fourth-order valence-corrected chi connectivity index (χ4v) is 2.01. The minimum absolute atomic E-state index is 0.0432. The van der Waals surface area contributed by atoms with E-state index in [9.17, 15) is 9.18 Å². The molecule has 0 aliphatic rings. The first-order chi connectivity index (χ1) is 9.65. The highest BCUT2D eigenvalue weighted by Crippen LogP contribution is 2.18. The van der Waals surface area contributed by atoms with Gasteiger partial charge in [0.05, 0.1) is 6.42 Å². The number of rotatable bonds is 6. The summed E-state index contributed by atoms with van der Waals surface area (Å²) in [5.41, 5.74) is 1.84. The Morgan fingerprint density at radius 3 is 2.35 bits per heavy atom. The van der Waals surface area contributed by atoms with Gasteiger partial charge in [-0.05, 0) is 23.3 Å². The van der Waals surface area contributed by atoms with E-state index < -0.39 is 5.97 Å². The second-order valence-electron chi connectivity index (χ2n) is 4.57. The molecule has 0 saturated carbocycles. The number of aliphatic carboxylic acids is 1. The highest BCUT2D eigenvalue weighted by atomic mass is 19.1. The summed E-state index contributed by atoms with van der Waals surface area (Å²) >= 11 is 0. The third-order valence-corrected chi connectivity index (χ3v) is 3.05. The number of hydrogen-bond donors (Lipinski definition) is 2. The van der Waals surface area contributed by atoms with Crippen LogP contribution in [0, 0.1) is 5.82 Å². The molecule has 0 radical (unpaired) electrons. The maximum absolute atomic E-state index is 12.9. The number of carboxylic acids is 1. The molecule has 0 aliphatic carbocycles. The first-order valence-electron chi connectivity index (χ1n) is 6.40. The molecule has 2 aromatic carbocycles. The van der Waals surface area contributed by atoms with Crippen molar-refractivity contribution in [2.75, 3.05) is 0 Å². The van der Waals surface area contributed by atoms with Crippen molar-refractivity contribution < 1.29 is 14.3 Å².